The lowest BCUT2D eigenvalue weighted by Crippen LogP contribution is -1.76. The molecule has 0 aliphatic heterocycles. The van der Waals surface area contributed by atoms with Gasteiger partial charge in [0, 0.05) is 11.6 Å². The van der Waals surface area contributed by atoms with E-state index in [0.717, 1.165) is 16.3 Å². The van der Waals surface area contributed by atoms with Gasteiger partial charge in [0.2, 0.25) is 0 Å². The highest BCUT2D eigenvalue weighted by atomic mass is 16.3. The van der Waals surface area contributed by atoms with Crippen molar-refractivity contribution in [2.45, 2.75) is 6.92 Å². The minimum atomic E-state index is 0.111. The summed E-state index contributed by atoms with van der Waals surface area (Å²) >= 11 is 0. The first kappa shape index (κ1) is 12.3. The van der Waals surface area contributed by atoms with E-state index >= 15 is 0 Å². The Kier molecular flexibility index (Phi) is 3.13. The summed E-state index contributed by atoms with van der Waals surface area (Å²) in [6.45, 7) is 1.97. The summed E-state index contributed by atoms with van der Waals surface area (Å²) < 4.78 is 0. The zero-order valence-electron chi connectivity index (χ0n) is 11.0. The molecule has 0 amide bonds. The van der Waals surface area contributed by atoms with Crippen LogP contribution in [0.4, 0.5) is 11.5 Å². The fourth-order valence-corrected chi connectivity index (χ4v) is 2.02. The second-order valence-electron chi connectivity index (χ2n) is 4.55. The first-order chi connectivity index (χ1) is 9.74. The van der Waals surface area contributed by atoms with Crippen LogP contribution in [0.2, 0.25) is 0 Å². The van der Waals surface area contributed by atoms with Gasteiger partial charge in [-0.1, -0.05) is 30.3 Å². The summed E-state index contributed by atoms with van der Waals surface area (Å²) in [6, 6.07) is 15.0. The predicted molar refractivity (Wildman–Crippen MR) is 78.8 cm³/mol. The molecule has 0 atom stereocenters. The number of azo groups is 1. The van der Waals surface area contributed by atoms with E-state index < -0.39 is 0 Å². The lowest BCUT2D eigenvalue weighted by Gasteiger charge is -2.03. The van der Waals surface area contributed by atoms with Crippen molar-refractivity contribution in [1.82, 2.24) is 4.98 Å². The molecule has 1 aromatic heterocycles. The Morgan fingerprint density at radius 2 is 1.85 bits per heavy atom. The number of hydrogen-bond donors (Lipinski definition) is 1. The van der Waals surface area contributed by atoms with Gasteiger partial charge in [-0.3, -0.25) is 0 Å². The molecule has 0 spiro atoms. The van der Waals surface area contributed by atoms with E-state index in [0.29, 0.717) is 11.5 Å². The third-order valence-electron chi connectivity index (χ3n) is 3.03. The Hall–Kier alpha value is -2.75. The van der Waals surface area contributed by atoms with Crippen LogP contribution in [0.3, 0.4) is 0 Å². The molecule has 3 rings (SSSR count). The van der Waals surface area contributed by atoms with Crippen molar-refractivity contribution in [3.05, 3.63) is 60.3 Å². The Morgan fingerprint density at radius 1 is 1.00 bits per heavy atom. The van der Waals surface area contributed by atoms with Gasteiger partial charge in [-0.05, 0) is 36.1 Å². The van der Waals surface area contributed by atoms with Crippen molar-refractivity contribution < 1.29 is 5.11 Å². The molecule has 98 valence electrons. The number of rotatable bonds is 2. The number of nitrogens with zero attached hydrogens (tertiary/aromatic N) is 3. The van der Waals surface area contributed by atoms with Gasteiger partial charge >= 0.3 is 0 Å². The normalized spacial score (nSPS) is 11.2. The Labute approximate surface area is 116 Å². The lowest BCUT2D eigenvalue weighted by molar-refractivity contribution is 0.477. The smallest absolute Gasteiger partial charge is 0.174 e. The number of fused-ring (bicyclic) bond motifs is 1. The van der Waals surface area contributed by atoms with Crippen LogP contribution in [0.5, 0.6) is 5.75 Å². The van der Waals surface area contributed by atoms with Gasteiger partial charge in [0.25, 0.3) is 0 Å². The Bertz CT molecular complexity index is 797. The van der Waals surface area contributed by atoms with E-state index in [1.165, 1.54) is 0 Å². The van der Waals surface area contributed by atoms with Crippen LogP contribution in [0.15, 0.2) is 65.0 Å². The van der Waals surface area contributed by atoms with Crippen LogP contribution in [0.25, 0.3) is 10.8 Å². The summed E-state index contributed by atoms with van der Waals surface area (Å²) in [5.74, 6) is 0.637. The predicted octanol–water partition coefficient (Wildman–Crippen LogP) is 4.66. The molecule has 4 nitrogen and oxygen atoms in total. The van der Waals surface area contributed by atoms with Crippen molar-refractivity contribution in [3.8, 4) is 5.75 Å². The summed E-state index contributed by atoms with van der Waals surface area (Å²) in [7, 11) is 0. The number of pyridine rings is 1. The quantitative estimate of drug-likeness (QED) is 0.683. The van der Waals surface area contributed by atoms with Gasteiger partial charge in [-0.2, -0.15) is 0 Å². The monoisotopic (exact) mass is 263 g/mol. The summed E-state index contributed by atoms with van der Waals surface area (Å²) in [6.07, 6.45) is 1.69. The molecular weight excluding hydrogens is 250 g/mol. The molecule has 0 aliphatic carbocycles. The second kappa shape index (κ2) is 5.09. The van der Waals surface area contributed by atoms with E-state index in [4.69, 9.17) is 0 Å². The molecule has 0 unspecified atom stereocenters. The highest BCUT2D eigenvalue weighted by Gasteiger charge is 2.05. The zero-order valence-corrected chi connectivity index (χ0v) is 11.0. The standard InChI is InChI=1S/C16H13N3O/c1-11-8-9-17-15(10-11)18-19-16-13-5-3-2-4-12(13)6-7-14(16)20/h2-10,20H,1H3. The number of hydrogen-bond acceptors (Lipinski definition) is 4. The molecule has 3 aromatic rings. The number of benzene rings is 2. The van der Waals surface area contributed by atoms with Crippen molar-refractivity contribution in [1.29, 1.82) is 0 Å². The molecule has 4 heteroatoms. The van der Waals surface area contributed by atoms with Crippen LogP contribution in [-0.4, -0.2) is 10.1 Å². The molecule has 20 heavy (non-hydrogen) atoms. The zero-order chi connectivity index (χ0) is 13.9. The maximum absolute atomic E-state index is 9.97. The molecule has 0 fully saturated rings. The van der Waals surface area contributed by atoms with Gasteiger partial charge in [-0.25, -0.2) is 4.98 Å². The SMILES string of the molecule is Cc1ccnc(N=Nc2c(O)ccc3ccccc23)c1. The van der Waals surface area contributed by atoms with Crippen LogP contribution >= 0.6 is 0 Å². The molecule has 1 N–H and O–H groups in total. The average molecular weight is 263 g/mol. The maximum atomic E-state index is 9.97. The third-order valence-corrected chi connectivity index (χ3v) is 3.03. The van der Waals surface area contributed by atoms with Crippen molar-refractivity contribution in [2.75, 3.05) is 0 Å². The van der Waals surface area contributed by atoms with E-state index in [2.05, 4.69) is 15.2 Å². The minimum absolute atomic E-state index is 0.111. The van der Waals surface area contributed by atoms with Gasteiger partial charge in [0.05, 0.1) is 0 Å². The first-order valence-electron chi connectivity index (χ1n) is 6.29. The van der Waals surface area contributed by atoms with Crippen LogP contribution in [0, 0.1) is 6.92 Å². The van der Waals surface area contributed by atoms with Crippen molar-refractivity contribution in [2.24, 2.45) is 10.2 Å². The Balaban J connectivity index is 2.08. The lowest BCUT2D eigenvalue weighted by atomic mass is 10.1. The Morgan fingerprint density at radius 3 is 2.70 bits per heavy atom. The van der Waals surface area contributed by atoms with E-state index in [-0.39, 0.29) is 5.75 Å². The maximum Gasteiger partial charge on any atom is 0.174 e. The molecule has 0 radical (unpaired) electrons. The number of phenols is 1. The van der Waals surface area contributed by atoms with Gasteiger partial charge in [0.1, 0.15) is 11.4 Å². The highest BCUT2D eigenvalue weighted by Crippen LogP contribution is 2.35. The van der Waals surface area contributed by atoms with E-state index in [9.17, 15) is 5.11 Å². The topological polar surface area (TPSA) is 57.8 Å². The number of aromatic nitrogens is 1. The average Bonchev–Trinajstić information content (AvgIpc) is 2.46. The van der Waals surface area contributed by atoms with Gasteiger partial charge in [-0.15, -0.1) is 10.2 Å². The van der Waals surface area contributed by atoms with Crippen LogP contribution in [0.1, 0.15) is 5.56 Å². The van der Waals surface area contributed by atoms with E-state index in [1.807, 2.05) is 49.4 Å². The highest BCUT2D eigenvalue weighted by molar-refractivity contribution is 5.95. The molecule has 2 aromatic carbocycles. The molecule has 0 saturated heterocycles. The van der Waals surface area contributed by atoms with Crippen molar-refractivity contribution in [3.63, 3.8) is 0 Å². The molecular formula is C16H13N3O. The number of phenolic OH excluding ortho intramolecular Hbond substituents is 1. The largest absolute Gasteiger partial charge is 0.506 e. The molecule has 0 aliphatic rings. The molecule has 1 heterocycles. The molecule has 0 bridgehead atoms. The number of aryl methyl sites for hydroxylation is 1. The van der Waals surface area contributed by atoms with E-state index in [1.54, 1.807) is 12.3 Å². The fourth-order valence-electron chi connectivity index (χ4n) is 2.02. The third kappa shape index (κ3) is 2.36. The van der Waals surface area contributed by atoms with Crippen molar-refractivity contribution >= 4 is 22.3 Å². The number of aromatic hydroxyl groups is 1. The van der Waals surface area contributed by atoms with Crippen LogP contribution < -0.4 is 0 Å². The minimum Gasteiger partial charge on any atom is -0.506 e. The fraction of sp³-hybridized carbons (Fsp3) is 0.0625. The summed E-state index contributed by atoms with van der Waals surface area (Å²) in [4.78, 5) is 4.12. The summed E-state index contributed by atoms with van der Waals surface area (Å²) in [5.41, 5.74) is 1.53. The van der Waals surface area contributed by atoms with Crippen LogP contribution in [-0.2, 0) is 0 Å². The van der Waals surface area contributed by atoms with Gasteiger partial charge in [0.15, 0.2) is 5.82 Å². The molecule has 0 saturated carbocycles. The second-order valence-corrected chi connectivity index (χ2v) is 4.55. The van der Waals surface area contributed by atoms with Gasteiger partial charge < -0.3 is 5.11 Å². The summed E-state index contributed by atoms with van der Waals surface area (Å²) in [5, 5.41) is 20.1. The first-order valence-corrected chi connectivity index (χ1v) is 6.29.